The highest BCUT2D eigenvalue weighted by Crippen LogP contribution is 2.23. The van der Waals surface area contributed by atoms with Crippen LogP contribution in [0.5, 0.6) is 0 Å². The van der Waals surface area contributed by atoms with Crippen LogP contribution in [0.25, 0.3) is 0 Å². The highest BCUT2D eigenvalue weighted by molar-refractivity contribution is 5.21. The van der Waals surface area contributed by atoms with Crippen LogP contribution in [0, 0.1) is 5.92 Å². The monoisotopic (exact) mass is 166 g/mol. The molecule has 0 aromatic carbocycles. The summed E-state index contributed by atoms with van der Waals surface area (Å²) in [6.45, 7) is 4.52. The molecule has 0 aromatic heterocycles. The summed E-state index contributed by atoms with van der Waals surface area (Å²) in [6.07, 6.45) is 7.80. The predicted octanol–water partition coefficient (Wildman–Crippen LogP) is 3.28. The number of hydrogen-bond donors (Lipinski definition) is 0. The van der Waals surface area contributed by atoms with Gasteiger partial charge in [-0.2, -0.15) is 0 Å². The summed E-state index contributed by atoms with van der Waals surface area (Å²) in [5.74, 6) is 1.89. The summed E-state index contributed by atoms with van der Waals surface area (Å²) in [5, 5.41) is 0. The van der Waals surface area contributed by atoms with E-state index >= 15 is 0 Å². The van der Waals surface area contributed by atoms with Crippen molar-refractivity contribution in [3.63, 3.8) is 0 Å². The van der Waals surface area contributed by atoms with Gasteiger partial charge < -0.3 is 4.74 Å². The highest BCUT2D eigenvalue weighted by Gasteiger charge is 2.07. The van der Waals surface area contributed by atoms with Crippen molar-refractivity contribution in [1.29, 1.82) is 0 Å². The van der Waals surface area contributed by atoms with Crippen LogP contribution in [-0.2, 0) is 4.74 Å². The first-order chi connectivity index (χ1) is 5.72. The molecule has 12 heavy (non-hydrogen) atoms. The van der Waals surface area contributed by atoms with Crippen molar-refractivity contribution in [3.05, 3.63) is 23.5 Å². The second-order valence-corrected chi connectivity index (χ2v) is 3.76. The molecular weight excluding hydrogens is 148 g/mol. The number of allylic oxidation sites excluding steroid dienone is 4. The molecule has 1 heteroatoms. The van der Waals surface area contributed by atoms with Crippen molar-refractivity contribution < 1.29 is 4.74 Å². The maximum atomic E-state index is 5.16. The summed E-state index contributed by atoms with van der Waals surface area (Å²) in [7, 11) is 1.74. The number of hydrogen-bond acceptors (Lipinski definition) is 1. The summed E-state index contributed by atoms with van der Waals surface area (Å²) >= 11 is 0. The molecule has 0 aliphatic heterocycles. The number of methoxy groups -OCH3 is 1. The largest absolute Gasteiger partial charge is 0.501 e. The van der Waals surface area contributed by atoms with Crippen LogP contribution >= 0.6 is 0 Å². The van der Waals surface area contributed by atoms with E-state index in [4.69, 9.17) is 4.74 Å². The van der Waals surface area contributed by atoms with Gasteiger partial charge in [0.1, 0.15) is 0 Å². The molecule has 0 saturated carbocycles. The molecule has 0 amide bonds. The van der Waals surface area contributed by atoms with Gasteiger partial charge in [-0.15, -0.1) is 0 Å². The second kappa shape index (κ2) is 4.34. The van der Waals surface area contributed by atoms with E-state index in [0.29, 0.717) is 0 Å². The molecule has 0 spiro atoms. The van der Waals surface area contributed by atoms with Gasteiger partial charge in [-0.25, -0.2) is 0 Å². The molecule has 1 aliphatic carbocycles. The minimum absolute atomic E-state index is 0.772. The van der Waals surface area contributed by atoms with Crippen molar-refractivity contribution in [2.45, 2.75) is 33.1 Å². The average Bonchev–Trinajstić information content (AvgIpc) is 2.05. The fraction of sp³-hybridized carbons (Fsp3) is 0.636. The van der Waals surface area contributed by atoms with E-state index in [-0.39, 0.29) is 0 Å². The predicted molar refractivity (Wildman–Crippen MR) is 51.9 cm³/mol. The van der Waals surface area contributed by atoms with E-state index in [1.807, 2.05) is 0 Å². The van der Waals surface area contributed by atoms with Gasteiger partial charge in [0.15, 0.2) is 0 Å². The van der Waals surface area contributed by atoms with Gasteiger partial charge in [0.2, 0.25) is 0 Å². The first kappa shape index (κ1) is 9.37. The van der Waals surface area contributed by atoms with Crippen LogP contribution in [0.4, 0.5) is 0 Å². The van der Waals surface area contributed by atoms with E-state index in [2.05, 4.69) is 26.0 Å². The smallest absolute Gasteiger partial charge is 0.0958 e. The van der Waals surface area contributed by atoms with Crippen LogP contribution < -0.4 is 0 Å². The minimum atomic E-state index is 0.772. The maximum absolute atomic E-state index is 5.16. The van der Waals surface area contributed by atoms with Crippen molar-refractivity contribution >= 4 is 0 Å². The Kier molecular flexibility index (Phi) is 3.39. The van der Waals surface area contributed by atoms with Gasteiger partial charge in [0.05, 0.1) is 12.9 Å². The van der Waals surface area contributed by atoms with E-state index in [9.17, 15) is 0 Å². The summed E-state index contributed by atoms with van der Waals surface area (Å²) < 4.78 is 5.16. The van der Waals surface area contributed by atoms with Gasteiger partial charge in [0.25, 0.3) is 0 Å². The zero-order valence-electron chi connectivity index (χ0n) is 8.26. The van der Waals surface area contributed by atoms with Crippen LogP contribution in [-0.4, -0.2) is 7.11 Å². The quantitative estimate of drug-likeness (QED) is 0.625. The molecular formula is C11H18O. The molecule has 68 valence electrons. The number of ether oxygens (including phenoxy) is 1. The summed E-state index contributed by atoms with van der Waals surface area (Å²) in [6, 6.07) is 0. The average molecular weight is 166 g/mol. The van der Waals surface area contributed by atoms with Gasteiger partial charge in [-0.3, -0.25) is 0 Å². The zero-order chi connectivity index (χ0) is 8.97. The normalized spacial score (nSPS) is 17.3. The molecule has 0 saturated heterocycles. The molecule has 1 aliphatic rings. The second-order valence-electron chi connectivity index (χ2n) is 3.76. The Bertz CT molecular complexity index is 199. The maximum Gasteiger partial charge on any atom is 0.0958 e. The lowest BCUT2D eigenvalue weighted by molar-refractivity contribution is 0.275. The van der Waals surface area contributed by atoms with E-state index in [1.54, 1.807) is 12.7 Å². The molecule has 0 unspecified atom stereocenters. The Balaban J connectivity index is 2.48. The van der Waals surface area contributed by atoms with E-state index in [0.717, 1.165) is 18.1 Å². The highest BCUT2D eigenvalue weighted by atomic mass is 16.5. The van der Waals surface area contributed by atoms with Crippen LogP contribution in [0.3, 0.4) is 0 Å². The van der Waals surface area contributed by atoms with Crippen LogP contribution in [0.1, 0.15) is 33.1 Å². The lowest BCUT2D eigenvalue weighted by Gasteiger charge is -2.14. The fourth-order valence-electron chi connectivity index (χ4n) is 1.53. The van der Waals surface area contributed by atoms with E-state index < -0.39 is 0 Å². The third kappa shape index (κ3) is 2.72. The standard InChI is InChI=1S/C11H18O/c1-9(2)8-10-4-6-11(12-3)7-5-10/h4,6,9H,5,7-8H2,1-3H3. The minimum Gasteiger partial charge on any atom is -0.501 e. The zero-order valence-corrected chi connectivity index (χ0v) is 8.26. The molecule has 0 radical (unpaired) electrons. The molecule has 0 atom stereocenters. The topological polar surface area (TPSA) is 9.23 Å². The first-order valence-electron chi connectivity index (χ1n) is 4.65. The Morgan fingerprint density at radius 2 is 2.08 bits per heavy atom. The van der Waals surface area contributed by atoms with Gasteiger partial charge in [0, 0.05) is 6.42 Å². The van der Waals surface area contributed by atoms with Crippen molar-refractivity contribution in [2.24, 2.45) is 5.92 Å². The Hall–Kier alpha value is -0.720. The molecule has 1 nitrogen and oxygen atoms in total. The van der Waals surface area contributed by atoms with Crippen LogP contribution in [0.15, 0.2) is 23.5 Å². The van der Waals surface area contributed by atoms with Gasteiger partial charge >= 0.3 is 0 Å². The molecule has 0 N–H and O–H groups in total. The van der Waals surface area contributed by atoms with Crippen molar-refractivity contribution in [2.75, 3.05) is 7.11 Å². The fourth-order valence-corrected chi connectivity index (χ4v) is 1.53. The van der Waals surface area contributed by atoms with Crippen molar-refractivity contribution in [1.82, 2.24) is 0 Å². The van der Waals surface area contributed by atoms with Crippen LogP contribution in [0.2, 0.25) is 0 Å². The molecule has 1 rings (SSSR count). The summed E-state index contributed by atoms with van der Waals surface area (Å²) in [4.78, 5) is 0. The Labute approximate surface area is 75.1 Å². The third-order valence-electron chi connectivity index (χ3n) is 2.13. The molecule has 0 heterocycles. The van der Waals surface area contributed by atoms with Gasteiger partial charge in [-0.1, -0.05) is 25.5 Å². The molecule has 0 aromatic rings. The SMILES string of the molecule is COC1=CC=C(CC(C)C)CC1. The van der Waals surface area contributed by atoms with Crippen molar-refractivity contribution in [3.8, 4) is 0 Å². The first-order valence-corrected chi connectivity index (χ1v) is 4.65. The van der Waals surface area contributed by atoms with E-state index in [1.165, 1.54) is 12.8 Å². The Morgan fingerprint density at radius 1 is 1.33 bits per heavy atom. The lowest BCUT2D eigenvalue weighted by Crippen LogP contribution is -1.98. The summed E-state index contributed by atoms with van der Waals surface area (Å²) in [5.41, 5.74) is 1.56. The Morgan fingerprint density at radius 3 is 2.50 bits per heavy atom. The third-order valence-corrected chi connectivity index (χ3v) is 2.13. The molecule has 0 bridgehead atoms. The molecule has 0 fully saturated rings. The lowest BCUT2D eigenvalue weighted by atomic mass is 9.95. The number of rotatable bonds is 3. The van der Waals surface area contributed by atoms with Gasteiger partial charge in [-0.05, 0) is 24.8 Å².